The Balaban J connectivity index is 1.35. The summed E-state index contributed by atoms with van der Waals surface area (Å²) < 4.78 is 12.6. The van der Waals surface area contributed by atoms with Crippen LogP contribution in [0.15, 0.2) is 41.1 Å². The summed E-state index contributed by atoms with van der Waals surface area (Å²) in [5.41, 5.74) is 1.96. The summed E-state index contributed by atoms with van der Waals surface area (Å²) in [7, 11) is 0. The maximum Gasteiger partial charge on any atom is 0.289 e. The number of morpholine rings is 1. The summed E-state index contributed by atoms with van der Waals surface area (Å²) >= 11 is 0. The molecule has 0 unspecified atom stereocenters. The van der Waals surface area contributed by atoms with Gasteiger partial charge in [0, 0.05) is 32.1 Å². The Labute approximate surface area is 162 Å². The van der Waals surface area contributed by atoms with Crippen LogP contribution in [-0.4, -0.2) is 64.8 Å². The van der Waals surface area contributed by atoms with E-state index in [1.807, 2.05) is 21.7 Å². The number of ether oxygens (including phenoxy) is 1. The highest BCUT2D eigenvalue weighted by molar-refractivity contribution is 5.91. The molecule has 8 heteroatoms. The zero-order chi connectivity index (χ0) is 18.9. The normalized spacial score (nSPS) is 20.6. The van der Waals surface area contributed by atoms with Gasteiger partial charge in [0.05, 0.1) is 31.4 Å². The van der Waals surface area contributed by atoms with E-state index in [0.29, 0.717) is 12.3 Å². The van der Waals surface area contributed by atoms with Crippen LogP contribution in [0, 0.1) is 0 Å². The first-order valence-corrected chi connectivity index (χ1v) is 9.80. The van der Waals surface area contributed by atoms with Crippen molar-refractivity contribution in [3.8, 4) is 0 Å². The Morgan fingerprint density at radius 3 is 2.86 bits per heavy atom. The highest BCUT2D eigenvalue weighted by Crippen LogP contribution is 2.27. The number of anilines is 1. The predicted molar refractivity (Wildman–Crippen MR) is 103 cm³/mol. The molecule has 0 bridgehead atoms. The number of carbonyl (C=O) groups excluding carboxylic acids is 1. The van der Waals surface area contributed by atoms with E-state index in [4.69, 9.17) is 19.2 Å². The molecule has 2 fully saturated rings. The van der Waals surface area contributed by atoms with Gasteiger partial charge in [-0.3, -0.25) is 4.79 Å². The maximum atomic E-state index is 12.6. The number of piperidine rings is 1. The number of aromatic nitrogens is 3. The minimum atomic E-state index is -0.0620. The molecule has 3 aromatic heterocycles. The van der Waals surface area contributed by atoms with Crippen LogP contribution in [-0.2, 0) is 4.74 Å². The van der Waals surface area contributed by atoms with Crippen molar-refractivity contribution in [1.29, 1.82) is 0 Å². The largest absolute Gasteiger partial charge is 0.459 e. The molecule has 0 aromatic carbocycles. The first-order chi connectivity index (χ1) is 13.8. The van der Waals surface area contributed by atoms with Crippen LogP contribution in [0.1, 0.15) is 35.1 Å². The Bertz CT molecular complexity index is 962. The first-order valence-electron chi connectivity index (χ1n) is 9.80. The van der Waals surface area contributed by atoms with Gasteiger partial charge >= 0.3 is 0 Å². The molecule has 8 nitrogen and oxygen atoms in total. The topological polar surface area (TPSA) is 76.1 Å². The van der Waals surface area contributed by atoms with Crippen LogP contribution >= 0.6 is 0 Å². The second-order valence-electron chi connectivity index (χ2n) is 7.33. The summed E-state index contributed by atoms with van der Waals surface area (Å²) in [6.07, 6.45) is 5.48. The van der Waals surface area contributed by atoms with Crippen LogP contribution in [0.5, 0.6) is 0 Å². The smallest absolute Gasteiger partial charge is 0.289 e. The standard InChI is InChI=1S/C20H23N5O3/c26-20(17-4-2-10-28-17)24-7-1-3-15(13-24)19-21-18-6-5-16(14-25(18)22-19)23-8-11-27-12-9-23/h2,4-6,10,14-15H,1,3,7-9,11-13H2/t15-/m0/s1. The quantitative estimate of drug-likeness (QED) is 0.692. The summed E-state index contributed by atoms with van der Waals surface area (Å²) in [4.78, 5) is 21.5. The van der Waals surface area contributed by atoms with Crippen molar-refractivity contribution in [1.82, 2.24) is 19.5 Å². The lowest BCUT2D eigenvalue weighted by Crippen LogP contribution is -2.39. The number of amides is 1. The molecular weight excluding hydrogens is 358 g/mol. The fourth-order valence-corrected chi connectivity index (χ4v) is 4.00. The average Bonchev–Trinajstić information content (AvgIpc) is 3.43. The van der Waals surface area contributed by atoms with Crippen molar-refractivity contribution in [2.75, 3.05) is 44.3 Å². The minimum absolute atomic E-state index is 0.0620. The number of likely N-dealkylation sites (tertiary alicyclic amines) is 1. The fourth-order valence-electron chi connectivity index (χ4n) is 4.00. The third kappa shape index (κ3) is 3.24. The van der Waals surface area contributed by atoms with E-state index in [2.05, 4.69) is 11.0 Å². The van der Waals surface area contributed by atoms with E-state index in [1.165, 1.54) is 6.26 Å². The van der Waals surface area contributed by atoms with Gasteiger partial charge in [-0.05, 0) is 37.1 Å². The second kappa shape index (κ2) is 7.27. The molecule has 0 N–H and O–H groups in total. The fraction of sp³-hybridized carbons (Fsp3) is 0.450. The third-order valence-electron chi connectivity index (χ3n) is 5.51. The number of furan rings is 1. The van der Waals surface area contributed by atoms with Crippen LogP contribution in [0.4, 0.5) is 5.69 Å². The highest BCUT2D eigenvalue weighted by Gasteiger charge is 2.29. The lowest BCUT2D eigenvalue weighted by atomic mass is 9.97. The Morgan fingerprint density at radius 2 is 2.04 bits per heavy atom. The summed E-state index contributed by atoms with van der Waals surface area (Å²) in [6, 6.07) is 7.55. The van der Waals surface area contributed by atoms with Gasteiger partial charge in [-0.25, -0.2) is 9.50 Å². The molecule has 0 radical (unpaired) electrons. The van der Waals surface area contributed by atoms with E-state index in [-0.39, 0.29) is 11.8 Å². The van der Waals surface area contributed by atoms with Gasteiger partial charge < -0.3 is 19.0 Å². The molecule has 0 spiro atoms. The van der Waals surface area contributed by atoms with Crippen molar-refractivity contribution in [3.05, 3.63) is 48.3 Å². The average molecular weight is 381 g/mol. The number of rotatable bonds is 3. The van der Waals surface area contributed by atoms with Crippen molar-refractivity contribution < 1.29 is 13.9 Å². The molecule has 146 valence electrons. The van der Waals surface area contributed by atoms with E-state index in [1.54, 1.807) is 12.1 Å². The molecule has 1 atom stereocenters. The number of pyridine rings is 1. The van der Waals surface area contributed by atoms with Crippen molar-refractivity contribution >= 4 is 17.2 Å². The highest BCUT2D eigenvalue weighted by atomic mass is 16.5. The second-order valence-corrected chi connectivity index (χ2v) is 7.33. The number of fused-ring (bicyclic) bond motifs is 1. The molecule has 0 aliphatic carbocycles. The van der Waals surface area contributed by atoms with E-state index in [9.17, 15) is 4.79 Å². The summed E-state index contributed by atoms with van der Waals surface area (Å²) in [5.74, 6) is 1.27. The minimum Gasteiger partial charge on any atom is -0.459 e. The lowest BCUT2D eigenvalue weighted by molar-refractivity contribution is 0.0672. The van der Waals surface area contributed by atoms with Crippen LogP contribution in [0.2, 0.25) is 0 Å². The molecule has 2 aliphatic heterocycles. The van der Waals surface area contributed by atoms with Crippen LogP contribution in [0.25, 0.3) is 5.65 Å². The van der Waals surface area contributed by atoms with Gasteiger partial charge in [-0.2, -0.15) is 5.10 Å². The third-order valence-corrected chi connectivity index (χ3v) is 5.51. The zero-order valence-corrected chi connectivity index (χ0v) is 15.7. The summed E-state index contributed by atoms with van der Waals surface area (Å²) in [6.45, 7) is 4.64. The van der Waals surface area contributed by atoms with Crippen LogP contribution < -0.4 is 4.90 Å². The molecule has 0 saturated carbocycles. The first kappa shape index (κ1) is 17.2. The van der Waals surface area contributed by atoms with Gasteiger partial charge in [-0.1, -0.05) is 0 Å². The molecule has 5 heterocycles. The van der Waals surface area contributed by atoms with Crippen molar-refractivity contribution in [3.63, 3.8) is 0 Å². The molecule has 2 aliphatic rings. The molecule has 2 saturated heterocycles. The molecule has 28 heavy (non-hydrogen) atoms. The number of carbonyl (C=O) groups is 1. The zero-order valence-electron chi connectivity index (χ0n) is 15.7. The van der Waals surface area contributed by atoms with Crippen molar-refractivity contribution in [2.24, 2.45) is 0 Å². The van der Waals surface area contributed by atoms with E-state index >= 15 is 0 Å². The lowest BCUT2D eigenvalue weighted by Gasteiger charge is -2.30. The SMILES string of the molecule is O=C(c1ccco1)N1CCC[C@H](c2nc3ccc(N4CCOCC4)cn3n2)C1. The van der Waals surface area contributed by atoms with Gasteiger partial charge in [0.15, 0.2) is 17.2 Å². The molecular formula is C20H23N5O3. The summed E-state index contributed by atoms with van der Waals surface area (Å²) in [5, 5.41) is 4.73. The molecule has 5 rings (SSSR count). The van der Waals surface area contributed by atoms with Crippen LogP contribution in [0.3, 0.4) is 0 Å². The van der Waals surface area contributed by atoms with E-state index < -0.39 is 0 Å². The maximum absolute atomic E-state index is 12.6. The van der Waals surface area contributed by atoms with E-state index in [0.717, 1.165) is 62.8 Å². The number of hydrogen-bond acceptors (Lipinski definition) is 6. The molecule has 3 aromatic rings. The van der Waals surface area contributed by atoms with Gasteiger partial charge in [-0.15, -0.1) is 0 Å². The number of hydrogen-bond donors (Lipinski definition) is 0. The van der Waals surface area contributed by atoms with Gasteiger partial charge in [0.1, 0.15) is 0 Å². The Kier molecular flexibility index (Phi) is 4.48. The molecule has 1 amide bonds. The van der Waals surface area contributed by atoms with Gasteiger partial charge in [0.25, 0.3) is 5.91 Å². The number of nitrogens with zero attached hydrogens (tertiary/aromatic N) is 5. The predicted octanol–water partition coefficient (Wildman–Crippen LogP) is 2.18. The monoisotopic (exact) mass is 381 g/mol. The van der Waals surface area contributed by atoms with Crippen molar-refractivity contribution in [2.45, 2.75) is 18.8 Å². The van der Waals surface area contributed by atoms with Gasteiger partial charge in [0.2, 0.25) is 0 Å². The Hall–Kier alpha value is -2.87. The Morgan fingerprint density at radius 1 is 1.14 bits per heavy atom.